The number of amides is 2. The third-order valence-electron chi connectivity index (χ3n) is 4.05. The van der Waals surface area contributed by atoms with E-state index >= 15 is 0 Å². The SMILES string of the molecule is Cc1nc2ccccn2c1CNC(=O)NCc1nnc(C2CC2)s1. The lowest BCUT2D eigenvalue weighted by molar-refractivity contribution is 0.240. The second kappa shape index (κ2) is 6.20. The van der Waals surface area contributed by atoms with Gasteiger partial charge in [0.1, 0.15) is 15.7 Å². The van der Waals surface area contributed by atoms with Crippen LogP contribution in [0.3, 0.4) is 0 Å². The van der Waals surface area contributed by atoms with Crippen molar-refractivity contribution in [2.75, 3.05) is 0 Å². The molecule has 0 bridgehead atoms. The van der Waals surface area contributed by atoms with Crippen LogP contribution in [0.1, 0.15) is 40.2 Å². The molecule has 2 N–H and O–H groups in total. The number of rotatable bonds is 5. The fraction of sp³-hybridized carbons (Fsp3) is 0.375. The Balaban J connectivity index is 1.33. The number of nitrogens with zero attached hydrogens (tertiary/aromatic N) is 4. The van der Waals surface area contributed by atoms with E-state index in [2.05, 4.69) is 25.8 Å². The zero-order valence-electron chi connectivity index (χ0n) is 13.3. The molecule has 1 aliphatic rings. The highest BCUT2D eigenvalue weighted by atomic mass is 32.1. The van der Waals surface area contributed by atoms with Crippen LogP contribution in [0.4, 0.5) is 4.79 Å². The van der Waals surface area contributed by atoms with Crippen molar-refractivity contribution in [3.8, 4) is 0 Å². The Bertz CT molecular complexity index is 882. The number of urea groups is 1. The Morgan fingerprint density at radius 1 is 1.29 bits per heavy atom. The summed E-state index contributed by atoms with van der Waals surface area (Å²) in [5.41, 5.74) is 2.78. The predicted octanol–water partition coefficient (Wildman–Crippen LogP) is 2.37. The zero-order valence-corrected chi connectivity index (χ0v) is 14.1. The van der Waals surface area contributed by atoms with Gasteiger partial charge in [0, 0.05) is 12.1 Å². The molecule has 4 rings (SSSR count). The summed E-state index contributed by atoms with van der Waals surface area (Å²) in [6.07, 6.45) is 4.37. The average molecular weight is 342 g/mol. The Kier molecular flexibility index (Phi) is 3.89. The molecule has 3 heterocycles. The minimum absolute atomic E-state index is 0.219. The van der Waals surface area contributed by atoms with E-state index in [4.69, 9.17) is 0 Å². The number of hydrogen-bond donors (Lipinski definition) is 2. The highest BCUT2D eigenvalue weighted by Crippen LogP contribution is 2.41. The normalized spacial score (nSPS) is 14.0. The van der Waals surface area contributed by atoms with Crippen LogP contribution in [0.5, 0.6) is 0 Å². The lowest BCUT2D eigenvalue weighted by atomic mass is 10.3. The molecule has 2 amide bonds. The van der Waals surface area contributed by atoms with E-state index in [1.54, 1.807) is 11.3 Å². The molecule has 0 saturated heterocycles. The summed E-state index contributed by atoms with van der Waals surface area (Å²) in [7, 11) is 0. The molecule has 1 aliphatic carbocycles. The summed E-state index contributed by atoms with van der Waals surface area (Å²) in [5.74, 6) is 0.600. The first-order valence-electron chi connectivity index (χ1n) is 7.97. The maximum Gasteiger partial charge on any atom is 0.315 e. The fourth-order valence-corrected chi connectivity index (χ4v) is 3.54. The lowest BCUT2D eigenvalue weighted by Crippen LogP contribution is -2.35. The molecule has 1 fully saturated rings. The van der Waals surface area contributed by atoms with Crippen LogP contribution in [0.15, 0.2) is 24.4 Å². The van der Waals surface area contributed by atoms with Crippen LogP contribution in [0.25, 0.3) is 5.65 Å². The number of nitrogens with one attached hydrogen (secondary N) is 2. The van der Waals surface area contributed by atoms with Crippen molar-refractivity contribution in [1.29, 1.82) is 0 Å². The van der Waals surface area contributed by atoms with Crippen molar-refractivity contribution < 1.29 is 4.79 Å². The van der Waals surface area contributed by atoms with Crippen molar-refractivity contribution >= 4 is 23.0 Å². The van der Waals surface area contributed by atoms with Gasteiger partial charge in [0.25, 0.3) is 0 Å². The first kappa shape index (κ1) is 15.1. The summed E-state index contributed by atoms with van der Waals surface area (Å²) >= 11 is 1.59. The molecule has 0 aliphatic heterocycles. The van der Waals surface area contributed by atoms with E-state index in [1.807, 2.05) is 35.7 Å². The first-order valence-corrected chi connectivity index (χ1v) is 8.79. The van der Waals surface area contributed by atoms with Gasteiger partial charge in [0.2, 0.25) is 0 Å². The zero-order chi connectivity index (χ0) is 16.5. The van der Waals surface area contributed by atoms with Gasteiger partial charge < -0.3 is 15.0 Å². The summed E-state index contributed by atoms with van der Waals surface area (Å²) in [6, 6.07) is 5.63. The average Bonchev–Trinajstić information content (AvgIpc) is 3.24. The molecule has 124 valence electrons. The standard InChI is InChI=1S/C16H18N6OS/c1-10-12(22-7-3-2-4-13(22)19-10)8-17-16(23)18-9-14-20-21-15(24-14)11-5-6-11/h2-4,7,11H,5-6,8-9H2,1H3,(H2,17,18,23). The lowest BCUT2D eigenvalue weighted by Gasteiger charge is -2.07. The van der Waals surface area contributed by atoms with Crippen LogP contribution in [0, 0.1) is 6.92 Å². The first-order chi connectivity index (χ1) is 11.7. The summed E-state index contributed by atoms with van der Waals surface area (Å²) in [6.45, 7) is 2.78. The van der Waals surface area contributed by atoms with E-state index in [0.29, 0.717) is 19.0 Å². The number of imidazole rings is 1. The van der Waals surface area contributed by atoms with E-state index in [1.165, 1.54) is 12.8 Å². The van der Waals surface area contributed by atoms with Gasteiger partial charge in [-0.25, -0.2) is 9.78 Å². The third kappa shape index (κ3) is 3.09. The van der Waals surface area contributed by atoms with Crippen LogP contribution in [-0.4, -0.2) is 25.6 Å². The number of pyridine rings is 1. The molecule has 3 aromatic heterocycles. The van der Waals surface area contributed by atoms with Gasteiger partial charge in [-0.15, -0.1) is 10.2 Å². The largest absolute Gasteiger partial charge is 0.332 e. The number of hydrogen-bond acceptors (Lipinski definition) is 5. The summed E-state index contributed by atoms with van der Waals surface area (Å²) < 4.78 is 1.99. The molecule has 3 aromatic rings. The molecular weight excluding hydrogens is 324 g/mol. The van der Waals surface area contributed by atoms with Crippen LogP contribution in [0.2, 0.25) is 0 Å². The number of carbonyl (C=O) groups is 1. The van der Waals surface area contributed by atoms with Crippen molar-refractivity contribution in [3.05, 3.63) is 45.8 Å². The minimum atomic E-state index is -0.219. The molecule has 8 heteroatoms. The van der Waals surface area contributed by atoms with Crippen LogP contribution < -0.4 is 10.6 Å². The number of carbonyl (C=O) groups excluding carboxylic acids is 1. The Hall–Kier alpha value is -2.48. The molecule has 0 spiro atoms. The van der Waals surface area contributed by atoms with E-state index < -0.39 is 0 Å². The van der Waals surface area contributed by atoms with Gasteiger partial charge in [0.15, 0.2) is 0 Å². The third-order valence-corrected chi connectivity index (χ3v) is 5.14. The van der Waals surface area contributed by atoms with Crippen molar-refractivity contribution in [1.82, 2.24) is 30.2 Å². The highest BCUT2D eigenvalue weighted by molar-refractivity contribution is 7.11. The van der Waals surface area contributed by atoms with Gasteiger partial charge in [-0.05, 0) is 31.9 Å². The van der Waals surface area contributed by atoms with Crippen LogP contribution in [-0.2, 0) is 13.1 Å². The summed E-state index contributed by atoms with van der Waals surface area (Å²) in [4.78, 5) is 16.5. The number of aryl methyl sites for hydroxylation is 1. The fourth-order valence-electron chi connectivity index (χ4n) is 2.59. The summed E-state index contributed by atoms with van der Waals surface area (Å²) in [5, 5.41) is 15.9. The van der Waals surface area contributed by atoms with Crippen molar-refractivity contribution in [2.24, 2.45) is 0 Å². The van der Waals surface area contributed by atoms with Gasteiger partial charge in [-0.2, -0.15) is 0 Å². The van der Waals surface area contributed by atoms with Crippen molar-refractivity contribution in [3.63, 3.8) is 0 Å². The molecular formula is C16H18N6OS. The smallest absolute Gasteiger partial charge is 0.315 e. The molecule has 1 saturated carbocycles. The Labute approximate surface area is 143 Å². The Morgan fingerprint density at radius 2 is 2.12 bits per heavy atom. The Morgan fingerprint density at radius 3 is 2.96 bits per heavy atom. The monoisotopic (exact) mass is 342 g/mol. The second-order valence-electron chi connectivity index (χ2n) is 5.92. The molecule has 0 aromatic carbocycles. The van der Waals surface area contributed by atoms with Crippen molar-refractivity contribution in [2.45, 2.75) is 38.8 Å². The van der Waals surface area contributed by atoms with Gasteiger partial charge in [0.05, 0.1) is 24.5 Å². The molecule has 24 heavy (non-hydrogen) atoms. The number of aromatic nitrogens is 4. The number of fused-ring (bicyclic) bond motifs is 1. The van der Waals surface area contributed by atoms with E-state index in [0.717, 1.165) is 27.1 Å². The second-order valence-corrected chi connectivity index (χ2v) is 7.01. The van der Waals surface area contributed by atoms with Gasteiger partial charge in [-0.3, -0.25) is 0 Å². The predicted molar refractivity (Wildman–Crippen MR) is 90.9 cm³/mol. The van der Waals surface area contributed by atoms with Gasteiger partial charge in [-0.1, -0.05) is 17.4 Å². The minimum Gasteiger partial charge on any atom is -0.332 e. The van der Waals surface area contributed by atoms with Crippen LogP contribution >= 0.6 is 11.3 Å². The van der Waals surface area contributed by atoms with Gasteiger partial charge >= 0.3 is 6.03 Å². The molecule has 0 atom stereocenters. The maximum absolute atomic E-state index is 12.0. The van der Waals surface area contributed by atoms with E-state index in [9.17, 15) is 4.79 Å². The molecule has 7 nitrogen and oxygen atoms in total. The maximum atomic E-state index is 12.0. The highest BCUT2D eigenvalue weighted by Gasteiger charge is 2.27. The van der Waals surface area contributed by atoms with E-state index in [-0.39, 0.29) is 6.03 Å². The quantitative estimate of drug-likeness (QED) is 0.745. The molecule has 0 radical (unpaired) electrons. The molecule has 0 unspecified atom stereocenters. The topological polar surface area (TPSA) is 84.2 Å².